The number of aryl methyl sites for hydroxylation is 2. The minimum atomic E-state index is -1.11. The molecule has 1 heterocycles. The Bertz CT molecular complexity index is 1090. The highest BCUT2D eigenvalue weighted by Gasteiger charge is 2.22. The normalized spacial score (nSPS) is 12.2. The zero-order chi connectivity index (χ0) is 20.6. The summed E-state index contributed by atoms with van der Waals surface area (Å²) >= 11 is 12.5. The zero-order valence-electron chi connectivity index (χ0n) is 15.2. The van der Waals surface area contributed by atoms with Gasteiger partial charge in [0.25, 0.3) is 5.91 Å². The van der Waals surface area contributed by atoms with E-state index in [-0.39, 0.29) is 10.6 Å². The van der Waals surface area contributed by atoms with Crippen molar-refractivity contribution in [2.45, 2.75) is 13.0 Å². The fourth-order valence-corrected chi connectivity index (χ4v) is 3.63. The van der Waals surface area contributed by atoms with Crippen LogP contribution in [0.3, 0.4) is 0 Å². The predicted octanol–water partition coefficient (Wildman–Crippen LogP) is 3.96. The molecule has 2 aromatic carbocycles. The first-order valence-electron chi connectivity index (χ1n) is 8.43. The van der Waals surface area contributed by atoms with Crippen molar-refractivity contribution < 1.29 is 19.8 Å². The number of benzene rings is 2. The van der Waals surface area contributed by atoms with E-state index < -0.39 is 24.5 Å². The average Bonchev–Trinajstić information content (AvgIpc) is 3.00. The molecule has 0 saturated carbocycles. The van der Waals surface area contributed by atoms with E-state index in [9.17, 15) is 14.7 Å². The number of rotatable bonds is 5. The number of carboxylic acids is 1. The molecular weight excluding hydrogens is 403 g/mol. The molecule has 0 bridgehead atoms. The third-order valence-corrected chi connectivity index (χ3v) is 5.53. The lowest BCUT2D eigenvalue weighted by atomic mass is 10.0. The second-order valence-corrected chi connectivity index (χ2v) is 7.25. The third-order valence-electron chi connectivity index (χ3n) is 4.70. The molecule has 1 amide bonds. The van der Waals surface area contributed by atoms with Crippen LogP contribution in [0, 0.1) is 6.92 Å². The van der Waals surface area contributed by atoms with E-state index in [4.69, 9.17) is 28.3 Å². The Labute approximate surface area is 171 Å². The summed E-state index contributed by atoms with van der Waals surface area (Å²) in [4.78, 5) is 23.9. The molecule has 3 N–H and O–H groups in total. The fourth-order valence-electron chi connectivity index (χ4n) is 3.10. The molecule has 3 rings (SSSR count). The van der Waals surface area contributed by atoms with Crippen molar-refractivity contribution in [2.75, 3.05) is 6.61 Å². The number of aromatic carboxylic acids is 1. The maximum absolute atomic E-state index is 12.8. The van der Waals surface area contributed by atoms with Gasteiger partial charge < -0.3 is 20.1 Å². The van der Waals surface area contributed by atoms with Crippen LogP contribution in [0.1, 0.15) is 38.0 Å². The molecule has 146 valence electrons. The van der Waals surface area contributed by atoms with Gasteiger partial charge in [-0.05, 0) is 42.3 Å². The molecule has 0 aliphatic rings. The van der Waals surface area contributed by atoms with Crippen molar-refractivity contribution in [2.24, 2.45) is 7.05 Å². The zero-order valence-corrected chi connectivity index (χ0v) is 16.7. The van der Waals surface area contributed by atoms with Crippen LogP contribution < -0.4 is 5.32 Å². The Balaban J connectivity index is 1.93. The van der Waals surface area contributed by atoms with Crippen LogP contribution in [0.15, 0.2) is 36.4 Å². The number of carboxylic acid groups (broad SMARTS) is 1. The molecule has 0 saturated heterocycles. The summed E-state index contributed by atoms with van der Waals surface area (Å²) in [6, 6.07) is 8.81. The molecule has 0 radical (unpaired) electrons. The van der Waals surface area contributed by atoms with Crippen LogP contribution in [0.5, 0.6) is 0 Å². The van der Waals surface area contributed by atoms with Gasteiger partial charge in [0, 0.05) is 23.0 Å². The van der Waals surface area contributed by atoms with E-state index in [1.807, 2.05) is 19.1 Å². The van der Waals surface area contributed by atoms with Crippen molar-refractivity contribution in [1.82, 2.24) is 9.88 Å². The first kappa shape index (κ1) is 20.2. The lowest BCUT2D eigenvalue weighted by Gasteiger charge is -2.18. The molecule has 1 atom stereocenters. The number of aliphatic hydroxyl groups excluding tert-OH is 1. The van der Waals surface area contributed by atoms with Crippen LogP contribution >= 0.6 is 23.2 Å². The molecule has 0 aliphatic carbocycles. The van der Waals surface area contributed by atoms with Crippen molar-refractivity contribution in [3.05, 3.63) is 68.8 Å². The summed E-state index contributed by atoms with van der Waals surface area (Å²) in [6.07, 6.45) is 0. The number of halogens is 2. The lowest BCUT2D eigenvalue weighted by Crippen LogP contribution is -2.32. The van der Waals surface area contributed by atoms with Gasteiger partial charge in [-0.25, -0.2) is 4.79 Å². The number of fused-ring (bicyclic) bond motifs is 1. The van der Waals surface area contributed by atoms with Gasteiger partial charge in [-0.1, -0.05) is 35.3 Å². The summed E-state index contributed by atoms with van der Waals surface area (Å²) in [6.45, 7) is 1.49. The minimum absolute atomic E-state index is 0.0236. The molecule has 1 aromatic heterocycles. The highest BCUT2D eigenvalue weighted by atomic mass is 35.5. The number of hydrogen-bond donors (Lipinski definition) is 3. The van der Waals surface area contributed by atoms with Gasteiger partial charge in [-0.2, -0.15) is 0 Å². The van der Waals surface area contributed by atoms with Gasteiger partial charge in [0.05, 0.1) is 23.2 Å². The minimum Gasteiger partial charge on any atom is -0.478 e. The first-order valence-corrected chi connectivity index (χ1v) is 9.19. The highest BCUT2D eigenvalue weighted by Crippen LogP contribution is 2.30. The van der Waals surface area contributed by atoms with Crippen LogP contribution in [0.2, 0.25) is 10.0 Å². The predicted molar refractivity (Wildman–Crippen MR) is 108 cm³/mol. The number of aromatic nitrogens is 1. The highest BCUT2D eigenvalue weighted by molar-refractivity contribution is 6.36. The average molecular weight is 421 g/mol. The van der Waals surface area contributed by atoms with Crippen LogP contribution in [0.25, 0.3) is 10.9 Å². The summed E-state index contributed by atoms with van der Waals surface area (Å²) in [5.74, 6) is -1.52. The van der Waals surface area contributed by atoms with Gasteiger partial charge in [-0.3, -0.25) is 4.79 Å². The number of amides is 1. The van der Waals surface area contributed by atoms with Gasteiger partial charge in [0.1, 0.15) is 5.69 Å². The Morgan fingerprint density at radius 3 is 2.50 bits per heavy atom. The molecule has 3 aromatic rings. The molecule has 0 aliphatic heterocycles. The summed E-state index contributed by atoms with van der Waals surface area (Å²) in [5.41, 5.74) is 2.54. The second kappa shape index (κ2) is 7.83. The molecule has 0 unspecified atom stereocenters. The topological polar surface area (TPSA) is 91.6 Å². The molecular formula is C20H18Cl2N2O4. The van der Waals surface area contributed by atoms with Crippen molar-refractivity contribution >= 4 is 46.0 Å². The van der Waals surface area contributed by atoms with Crippen molar-refractivity contribution in [1.29, 1.82) is 0 Å². The molecule has 28 heavy (non-hydrogen) atoms. The fraction of sp³-hybridized carbons (Fsp3) is 0.200. The summed E-state index contributed by atoms with van der Waals surface area (Å²) < 4.78 is 1.72. The van der Waals surface area contributed by atoms with Gasteiger partial charge in [0.2, 0.25) is 0 Å². The Kier molecular flexibility index (Phi) is 5.65. The van der Waals surface area contributed by atoms with Gasteiger partial charge in [0.15, 0.2) is 0 Å². The van der Waals surface area contributed by atoms with Gasteiger partial charge >= 0.3 is 5.97 Å². The third kappa shape index (κ3) is 3.58. The van der Waals surface area contributed by atoms with Crippen LogP contribution in [-0.4, -0.2) is 33.3 Å². The van der Waals surface area contributed by atoms with Crippen LogP contribution in [0.4, 0.5) is 0 Å². The molecule has 0 fully saturated rings. The Hall–Kier alpha value is -2.54. The van der Waals surface area contributed by atoms with E-state index in [0.717, 1.165) is 16.5 Å². The van der Waals surface area contributed by atoms with E-state index in [2.05, 4.69) is 5.32 Å². The SMILES string of the molecule is Cc1ccc2c(cc(C(=O)N[C@H](CO)c3ccc(C(=O)O)cc3Cl)n2C)c1Cl. The quantitative estimate of drug-likeness (QED) is 0.582. The first-order chi connectivity index (χ1) is 13.2. The van der Waals surface area contributed by atoms with Crippen molar-refractivity contribution in [3.63, 3.8) is 0 Å². The Morgan fingerprint density at radius 1 is 1.18 bits per heavy atom. The number of carbonyl (C=O) groups excluding carboxylic acids is 1. The van der Waals surface area contributed by atoms with Crippen molar-refractivity contribution in [3.8, 4) is 0 Å². The molecule has 6 nitrogen and oxygen atoms in total. The van der Waals surface area contributed by atoms with E-state index in [1.54, 1.807) is 17.7 Å². The maximum Gasteiger partial charge on any atom is 0.335 e. The number of aliphatic hydroxyl groups is 1. The number of hydrogen-bond acceptors (Lipinski definition) is 3. The largest absolute Gasteiger partial charge is 0.478 e. The van der Waals surface area contributed by atoms with Gasteiger partial charge in [-0.15, -0.1) is 0 Å². The number of nitrogens with zero attached hydrogens (tertiary/aromatic N) is 1. The van der Waals surface area contributed by atoms with E-state index in [0.29, 0.717) is 16.3 Å². The summed E-state index contributed by atoms with van der Waals surface area (Å²) in [7, 11) is 1.76. The molecule has 8 heteroatoms. The summed E-state index contributed by atoms with van der Waals surface area (Å²) in [5, 5.41) is 23.0. The lowest BCUT2D eigenvalue weighted by molar-refractivity contribution is 0.0696. The second-order valence-electron chi connectivity index (χ2n) is 6.47. The number of nitrogens with one attached hydrogen (secondary N) is 1. The monoisotopic (exact) mass is 420 g/mol. The number of carbonyl (C=O) groups is 2. The molecule has 0 spiro atoms. The van der Waals surface area contributed by atoms with E-state index >= 15 is 0 Å². The van der Waals surface area contributed by atoms with E-state index in [1.165, 1.54) is 18.2 Å². The smallest absolute Gasteiger partial charge is 0.335 e. The maximum atomic E-state index is 12.8. The standard InChI is InChI=1S/C20H18Cl2N2O4/c1-10-3-6-16-13(18(10)22)8-17(24(16)2)19(26)23-15(9-25)12-5-4-11(20(27)28)7-14(12)21/h3-8,15,25H,9H2,1-2H3,(H,23,26)(H,27,28)/t15-/m1/s1. The Morgan fingerprint density at radius 2 is 1.89 bits per heavy atom. The van der Waals surface area contributed by atoms with Crippen LogP contribution in [-0.2, 0) is 7.05 Å².